The molecule has 6 nitrogen and oxygen atoms in total. The molecular formula is C13H15N3O3S. The van der Waals surface area contributed by atoms with E-state index in [1.807, 2.05) is 17.3 Å². The first-order chi connectivity index (χ1) is 9.61. The number of hydrogen-bond acceptors (Lipinski definition) is 6. The average molecular weight is 293 g/mol. The minimum absolute atomic E-state index is 0.0235. The third-order valence-electron chi connectivity index (χ3n) is 2.95. The molecule has 0 saturated carbocycles. The summed E-state index contributed by atoms with van der Waals surface area (Å²) >= 11 is 1.62. The molecule has 0 saturated heterocycles. The Balaban J connectivity index is 2.09. The highest BCUT2D eigenvalue weighted by molar-refractivity contribution is 7.09. The first-order valence-electron chi connectivity index (χ1n) is 6.03. The molecule has 0 fully saturated rings. The quantitative estimate of drug-likeness (QED) is 0.605. The maximum atomic E-state index is 10.8. The summed E-state index contributed by atoms with van der Waals surface area (Å²) in [6, 6.07) is 4.87. The zero-order valence-corrected chi connectivity index (χ0v) is 12.1. The van der Waals surface area contributed by atoms with Gasteiger partial charge in [0.15, 0.2) is 5.75 Å². The SMILES string of the molecule is COc1cc(N(C)CCc2nccs2)ccc1[N+](=O)[O-]. The number of rotatable bonds is 6. The molecule has 1 aromatic carbocycles. The van der Waals surface area contributed by atoms with Crippen LogP contribution in [0.2, 0.25) is 0 Å². The van der Waals surface area contributed by atoms with Crippen molar-refractivity contribution in [3.63, 3.8) is 0 Å². The van der Waals surface area contributed by atoms with Crippen molar-refractivity contribution < 1.29 is 9.66 Å². The lowest BCUT2D eigenvalue weighted by Gasteiger charge is -2.19. The molecule has 7 heteroatoms. The van der Waals surface area contributed by atoms with E-state index in [-0.39, 0.29) is 11.4 Å². The monoisotopic (exact) mass is 293 g/mol. The lowest BCUT2D eigenvalue weighted by Crippen LogP contribution is -2.20. The standard InChI is InChI=1S/C13H15N3O3S/c1-15(7-5-13-14-6-8-20-13)10-3-4-11(16(17)18)12(9-10)19-2/h3-4,6,8-9H,5,7H2,1-2H3. The van der Waals surface area contributed by atoms with Gasteiger partial charge in [-0.1, -0.05) is 0 Å². The number of thiazole rings is 1. The van der Waals surface area contributed by atoms with Gasteiger partial charge in [-0.3, -0.25) is 10.1 Å². The van der Waals surface area contributed by atoms with Crippen LogP contribution >= 0.6 is 11.3 Å². The summed E-state index contributed by atoms with van der Waals surface area (Å²) in [7, 11) is 3.37. The van der Waals surface area contributed by atoms with Crippen LogP contribution in [0.15, 0.2) is 29.8 Å². The molecule has 0 aliphatic rings. The van der Waals surface area contributed by atoms with E-state index in [9.17, 15) is 10.1 Å². The van der Waals surface area contributed by atoms with E-state index in [1.54, 1.807) is 29.7 Å². The van der Waals surface area contributed by atoms with Gasteiger partial charge in [0.2, 0.25) is 0 Å². The molecule has 0 aliphatic carbocycles. The molecule has 1 heterocycles. The summed E-state index contributed by atoms with van der Waals surface area (Å²) in [4.78, 5) is 16.7. The van der Waals surface area contributed by atoms with Gasteiger partial charge in [0, 0.05) is 49.4 Å². The number of hydrogen-bond donors (Lipinski definition) is 0. The number of anilines is 1. The minimum Gasteiger partial charge on any atom is -0.490 e. The van der Waals surface area contributed by atoms with Gasteiger partial charge in [0.05, 0.1) is 17.0 Å². The lowest BCUT2D eigenvalue weighted by atomic mass is 10.2. The predicted molar refractivity (Wildman–Crippen MR) is 78.7 cm³/mol. The Labute approximate surface area is 120 Å². The van der Waals surface area contributed by atoms with Crippen LogP contribution in [0, 0.1) is 10.1 Å². The van der Waals surface area contributed by atoms with Crippen molar-refractivity contribution in [1.82, 2.24) is 4.98 Å². The summed E-state index contributed by atoms with van der Waals surface area (Å²) in [5.74, 6) is 0.272. The Morgan fingerprint density at radius 1 is 1.50 bits per heavy atom. The number of methoxy groups -OCH3 is 1. The van der Waals surface area contributed by atoms with Gasteiger partial charge >= 0.3 is 5.69 Å². The fourth-order valence-corrected chi connectivity index (χ4v) is 2.43. The van der Waals surface area contributed by atoms with Gasteiger partial charge < -0.3 is 9.64 Å². The van der Waals surface area contributed by atoms with Crippen LogP contribution in [0.1, 0.15) is 5.01 Å². The van der Waals surface area contributed by atoms with Crippen molar-refractivity contribution >= 4 is 22.7 Å². The third kappa shape index (κ3) is 3.24. The molecule has 1 aromatic heterocycles. The van der Waals surface area contributed by atoms with Crippen LogP contribution < -0.4 is 9.64 Å². The summed E-state index contributed by atoms with van der Waals surface area (Å²) in [5.41, 5.74) is 0.855. The molecular weight excluding hydrogens is 278 g/mol. The third-order valence-corrected chi connectivity index (χ3v) is 3.78. The van der Waals surface area contributed by atoms with E-state index in [2.05, 4.69) is 4.98 Å². The first kappa shape index (κ1) is 14.3. The normalized spacial score (nSPS) is 10.3. The number of nitro benzene ring substituents is 1. The highest BCUT2D eigenvalue weighted by Crippen LogP contribution is 2.31. The second kappa shape index (κ2) is 6.33. The number of nitrogens with zero attached hydrogens (tertiary/aromatic N) is 3. The van der Waals surface area contributed by atoms with Crippen molar-refractivity contribution in [2.75, 3.05) is 25.6 Å². The Morgan fingerprint density at radius 3 is 2.90 bits per heavy atom. The largest absolute Gasteiger partial charge is 0.490 e. The van der Waals surface area contributed by atoms with Crippen LogP contribution in [0.4, 0.5) is 11.4 Å². The smallest absolute Gasteiger partial charge is 0.311 e. The van der Waals surface area contributed by atoms with Crippen molar-refractivity contribution in [3.8, 4) is 5.75 Å². The van der Waals surface area contributed by atoms with Gasteiger partial charge in [-0.25, -0.2) is 4.98 Å². The van der Waals surface area contributed by atoms with E-state index >= 15 is 0 Å². The molecule has 2 aromatic rings. The zero-order chi connectivity index (χ0) is 14.5. The van der Waals surface area contributed by atoms with E-state index in [0.717, 1.165) is 23.7 Å². The molecule has 0 spiro atoms. The molecule has 0 aliphatic heterocycles. The molecule has 0 bridgehead atoms. The molecule has 2 rings (SSSR count). The van der Waals surface area contributed by atoms with Gasteiger partial charge in [0.25, 0.3) is 0 Å². The number of nitro groups is 1. The van der Waals surface area contributed by atoms with Crippen LogP contribution in [-0.2, 0) is 6.42 Å². The Bertz CT molecular complexity index is 587. The predicted octanol–water partition coefficient (Wildman–Crippen LogP) is 2.74. The van der Waals surface area contributed by atoms with Crippen LogP contribution in [0.5, 0.6) is 5.75 Å². The lowest BCUT2D eigenvalue weighted by molar-refractivity contribution is -0.385. The highest BCUT2D eigenvalue weighted by atomic mass is 32.1. The topological polar surface area (TPSA) is 68.5 Å². The summed E-state index contributed by atoms with van der Waals surface area (Å²) in [5, 5.41) is 13.9. The number of aromatic nitrogens is 1. The number of ether oxygens (including phenoxy) is 1. The highest BCUT2D eigenvalue weighted by Gasteiger charge is 2.16. The summed E-state index contributed by atoms with van der Waals surface area (Å²) < 4.78 is 5.07. The summed E-state index contributed by atoms with van der Waals surface area (Å²) in [6.07, 6.45) is 2.63. The van der Waals surface area contributed by atoms with E-state index in [1.165, 1.54) is 13.2 Å². The molecule has 20 heavy (non-hydrogen) atoms. The van der Waals surface area contributed by atoms with E-state index in [0.29, 0.717) is 0 Å². The zero-order valence-electron chi connectivity index (χ0n) is 11.3. The first-order valence-corrected chi connectivity index (χ1v) is 6.91. The van der Waals surface area contributed by atoms with E-state index in [4.69, 9.17) is 4.74 Å². The Hall–Kier alpha value is -2.15. The van der Waals surface area contributed by atoms with Crippen molar-refractivity contribution in [3.05, 3.63) is 44.9 Å². The van der Waals surface area contributed by atoms with Crippen molar-refractivity contribution in [2.45, 2.75) is 6.42 Å². The molecule has 106 valence electrons. The fourth-order valence-electron chi connectivity index (χ4n) is 1.82. The molecule has 0 N–H and O–H groups in total. The van der Waals surface area contributed by atoms with E-state index < -0.39 is 4.92 Å². The molecule has 0 radical (unpaired) electrons. The van der Waals surface area contributed by atoms with Crippen LogP contribution in [0.25, 0.3) is 0 Å². The number of benzene rings is 1. The number of likely N-dealkylation sites (N-methyl/N-ethyl adjacent to an activating group) is 1. The van der Waals surface area contributed by atoms with Crippen molar-refractivity contribution in [2.24, 2.45) is 0 Å². The second-order valence-corrected chi connectivity index (χ2v) is 5.19. The van der Waals surface area contributed by atoms with Crippen LogP contribution in [-0.4, -0.2) is 30.6 Å². The maximum Gasteiger partial charge on any atom is 0.311 e. The molecule has 0 unspecified atom stereocenters. The fraction of sp³-hybridized carbons (Fsp3) is 0.308. The van der Waals surface area contributed by atoms with Gasteiger partial charge in [-0.2, -0.15) is 0 Å². The average Bonchev–Trinajstić information content (AvgIpc) is 2.97. The Kier molecular flexibility index (Phi) is 4.52. The van der Waals surface area contributed by atoms with Gasteiger partial charge in [-0.15, -0.1) is 11.3 Å². The molecule has 0 atom stereocenters. The van der Waals surface area contributed by atoms with Gasteiger partial charge in [-0.05, 0) is 6.07 Å². The second-order valence-electron chi connectivity index (χ2n) is 4.21. The van der Waals surface area contributed by atoms with Crippen LogP contribution in [0.3, 0.4) is 0 Å². The maximum absolute atomic E-state index is 10.8. The minimum atomic E-state index is -0.446. The van der Waals surface area contributed by atoms with Gasteiger partial charge in [0.1, 0.15) is 0 Å². The summed E-state index contributed by atoms with van der Waals surface area (Å²) in [6.45, 7) is 0.786. The Morgan fingerprint density at radius 2 is 2.30 bits per heavy atom. The molecule has 0 amide bonds. The van der Waals surface area contributed by atoms with Crippen molar-refractivity contribution in [1.29, 1.82) is 0 Å².